The van der Waals surface area contributed by atoms with E-state index in [2.05, 4.69) is 23.2 Å². The van der Waals surface area contributed by atoms with Crippen LogP contribution in [0.4, 0.5) is 0 Å². The topological polar surface area (TPSA) is 28.4 Å². The quantitative estimate of drug-likeness (QED) is 0.789. The molecule has 2 rings (SSSR count). The summed E-state index contributed by atoms with van der Waals surface area (Å²) >= 11 is 2.05. The first-order chi connectivity index (χ1) is 8.38. The molecule has 0 bridgehead atoms. The molecule has 0 spiro atoms. The van der Waals surface area contributed by atoms with Gasteiger partial charge in [-0.05, 0) is 19.0 Å². The molecular weight excluding hydrogens is 232 g/mol. The Bertz CT molecular complexity index is 321. The molecule has 1 N–H and O–H groups in total. The van der Waals surface area contributed by atoms with Crippen LogP contribution < -0.4 is 5.32 Å². The van der Waals surface area contributed by atoms with Crippen molar-refractivity contribution in [3.05, 3.63) is 23.7 Å². The van der Waals surface area contributed by atoms with E-state index in [1.165, 1.54) is 36.6 Å². The van der Waals surface area contributed by atoms with Crippen LogP contribution >= 0.6 is 11.8 Å². The molecule has 1 aromatic rings. The highest BCUT2D eigenvalue weighted by Crippen LogP contribution is 2.15. The summed E-state index contributed by atoms with van der Waals surface area (Å²) in [6, 6.07) is 2.18. The highest BCUT2D eigenvalue weighted by molar-refractivity contribution is 7.99. The average Bonchev–Trinajstić information content (AvgIpc) is 2.79. The molecule has 1 saturated heterocycles. The fourth-order valence-electron chi connectivity index (χ4n) is 1.99. The predicted molar refractivity (Wildman–Crippen MR) is 73.3 cm³/mol. The molecule has 0 amide bonds. The van der Waals surface area contributed by atoms with Crippen LogP contribution in [-0.4, -0.2) is 36.0 Å². The zero-order valence-corrected chi connectivity index (χ0v) is 11.4. The van der Waals surface area contributed by atoms with Gasteiger partial charge < -0.3 is 9.73 Å². The number of hydrogen-bond acceptors (Lipinski definition) is 4. The minimum Gasteiger partial charge on any atom is -0.468 e. The smallest absolute Gasteiger partial charge is 0.118 e. The molecule has 96 valence electrons. The summed E-state index contributed by atoms with van der Waals surface area (Å²) in [4.78, 5) is 2.47. The molecule has 4 heteroatoms. The monoisotopic (exact) mass is 254 g/mol. The Kier molecular flexibility index (Phi) is 5.42. The Morgan fingerprint density at radius 3 is 3.00 bits per heavy atom. The first-order valence-corrected chi connectivity index (χ1v) is 7.61. The lowest BCUT2D eigenvalue weighted by Crippen LogP contribution is -2.31. The van der Waals surface area contributed by atoms with E-state index in [4.69, 9.17) is 4.42 Å². The van der Waals surface area contributed by atoms with Crippen molar-refractivity contribution >= 4 is 11.8 Å². The van der Waals surface area contributed by atoms with Crippen LogP contribution in [-0.2, 0) is 13.1 Å². The van der Waals surface area contributed by atoms with Gasteiger partial charge in [-0.1, -0.05) is 6.92 Å². The standard InChI is InChI=1S/C13H22N2OS/c1-2-3-14-9-12-8-13(16-11-12)10-15-4-6-17-7-5-15/h8,11,14H,2-7,9-10H2,1H3. The minimum absolute atomic E-state index is 0.924. The van der Waals surface area contributed by atoms with Crippen LogP contribution in [0, 0.1) is 0 Å². The third-order valence-electron chi connectivity index (χ3n) is 2.95. The third-order valence-corrected chi connectivity index (χ3v) is 3.89. The Hall–Kier alpha value is -0.450. The Morgan fingerprint density at radius 1 is 1.41 bits per heavy atom. The lowest BCUT2D eigenvalue weighted by atomic mass is 10.3. The highest BCUT2D eigenvalue weighted by Gasteiger charge is 2.12. The lowest BCUT2D eigenvalue weighted by molar-refractivity contribution is 0.268. The Balaban J connectivity index is 1.76. The number of furan rings is 1. The zero-order chi connectivity index (χ0) is 11.9. The SMILES string of the molecule is CCCNCc1coc(CN2CCSCC2)c1. The van der Waals surface area contributed by atoms with Gasteiger partial charge in [-0.15, -0.1) is 0 Å². The van der Waals surface area contributed by atoms with Gasteiger partial charge in [0.15, 0.2) is 0 Å². The molecular formula is C13H22N2OS. The van der Waals surface area contributed by atoms with Gasteiger partial charge in [0.25, 0.3) is 0 Å². The first-order valence-electron chi connectivity index (χ1n) is 6.45. The van der Waals surface area contributed by atoms with Crippen LogP contribution in [0.2, 0.25) is 0 Å². The third kappa shape index (κ3) is 4.37. The molecule has 3 nitrogen and oxygen atoms in total. The van der Waals surface area contributed by atoms with Crippen LogP contribution in [0.5, 0.6) is 0 Å². The summed E-state index contributed by atoms with van der Waals surface area (Å²) in [6.07, 6.45) is 3.06. The fourth-order valence-corrected chi connectivity index (χ4v) is 2.97. The normalized spacial score (nSPS) is 17.5. The molecule has 1 aliphatic heterocycles. The summed E-state index contributed by atoms with van der Waals surface area (Å²) in [6.45, 7) is 7.52. The van der Waals surface area contributed by atoms with E-state index in [9.17, 15) is 0 Å². The molecule has 0 radical (unpaired) electrons. The molecule has 0 saturated carbocycles. The van der Waals surface area contributed by atoms with Crippen molar-refractivity contribution in [2.24, 2.45) is 0 Å². The van der Waals surface area contributed by atoms with E-state index < -0.39 is 0 Å². The second-order valence-electron chi connectivity index (χ2n) is 4.49. The van der Waals surface area contributed by atoms with Gasteiger partial charge in [0.1, 0.15) is 5.76 Å². The van der Waals surface area contributed by atoms with Crippen molar-refractivity contribution < 1.29 is 4.42 Å². The molecule has 1 aliphatic rings. The van der Waals surface area contributed by atoms with E-state index in [0.29, 0.717) is 0 Å². The molecule has 1 aromatic heterocycles. The summed E-state index contributed by atoms with van der Waals surface area (Å²) in [7, 11) is 0. The lowest BCUT2D eigenvalue weighted by Gasteiger charge is -2.24. The average molecular weight is 254 g/mol. The molecule has 0 aliphatic carbocycles. The number of rotatable bonds is 6. The summed E-state index contributed by atoms with van der Waals surface area (Å²) < 4.78 is 5.61. The van der Waals surface area contributed by atoms with Crippen LogP contribution in [0.15, 0.2) is 16.7 Å². The fraction of sp³-hybridized carbons (Fsp3) is 0.692. The molecule has 17 heavy (non-hydrogen) atoms. The summed E-state index contributed by atoms with van der Waals surface area (Å²) in [5, 5.41) is 3.39. The molecule has 0 unspecified atom stereocenters. The second-order valence-corrected chi connectivity index (χ2v) is 5.71. The van der Waals surface area contributed by atoms with Crippen molar-refractivity contribution in [1.82, 2.24) is 10.2 Å². The number of thioether (sulfide) groups is 1. The van der Waals surface area contributed by atoms with Crippen molar-refractivity contribution in [3.63, 3.8) is 0 Å². The van der Waals surface area contributed by atoms with Crippen LogP contribution in [0.1, 0.15) is 24.7 Å². The van der Waals surface area contributed by atoms with Gasteiger partial charge in [-0.3, -0.25) is 4.90 Å². The van der Waals surface area contributed by atoms with Crippen molar-refractivity contribution in [1.29, 1.82) is 0 Å². The Morgan fingerprint density at radius 2 is 2.24 bits per heavy atom. The van der Waals surface area contributed by atoms with Crippen molar-refractivity contribution in [3.8, 4) is 0 Å². The van der Waals surface area contributed by atoms with Crippen LogP contribution in [0.25, 0.3) is 0 Å². The van der Waals surface area contributed by atoms with E-state index in [0.717, 1.165) is 25.4 Å². The summed E-state index contributed by atoms with van der Waals surface area (Å²) in [5.41, 5.74) is 1.26. The van der Waals surface area contributed by atoms with E-state index >= 15 is 0 Å². The van der Waals surface area contributed by atoms with Gasteiger partial charge in [-0.25, -0.2) is 0 Å². The molecule has 2 heterocycles. The van der Waals surface area contributed by atoms with Gasteiger partial charge in [0, 0.05) is 36.7 Å². The number of nitrogens with zero attached hydrogens (tertiary/aromatic N) is 1. The van der Waals surface area contributed by atoms with E-state index in [-0.39, 0.29) is 0 Å². The van der Waals surface area contributed by atoms with E-state index in [1.54, 1.807) is 0 Å². The van der Waals surface area contributed by atoms with Gasteiger partial charge in [0.2, 0.25) is 0 Å². The van der Waals surface area contributed by atoms with Crippen LogP contribution in [0.3, 0.4) is 0 Å². The maximum Gasteiger partial charge on any atom is 0.118 e. The largest absolute Gasteiger partial charge is 0.468 e. The minimum atomic E-state index is 0.924. The second kappa shape index (κ2) is 7.09. The van der Waals surface area contributed by atoms with Gasteiger partial charge >= 0.3 is 0 Å². The first kappa shape index (κ1) is 13.0. The number of nitrogens with one attached hydrogen (secondary N) is 1. The zero-order valence-electron chi connectivity index (χ0n) is 10.6. The van der Waals surface area contributed by atoms with E-state index in [1.807, 2.05) is 18.0 Å². The van der Waals surface area contributed by atoms with Crippen molar-refractivity contribution in [2.45, 2.75) is 26.4 Å². The summed E-state index contributed by atoms with van der Waals surface area (Å²) in [5.74, 6) is 3.61. The Labute approximate surface area is 108 Å². The maximum absolute atomic E-state index is 5.61. The van der Waals surface area contributed by atoms with Gasteiger partial charge in [-0.2, -0.15) is 11.8 Å². The predicted octanol–water partition coefficient (Wildman–Crippen LogP) is 2.33. The van der Waals surface area contributed by atoms with Gasteiger partial charge in [0.05, 0.1) is 12.8 Å². The van der Waals surface area contributed by atoms with Crippen molar-refractivity contribution in [2.75, 3.05) is 31.1 Å². The molecule has 0 atom stereocenters. The number of hydrogen-bond donors (Lipinski definition) is 1. The maximum atomic E-state index is 5.61. The molecule has 0 aromatic carbocycles. The molecule has 1 fully saturated rings. The highest BCUT2D eigenvalue weighted by atomic mass is 32.2.